The van der Waals surface area contributed by atoms with E-state index in [0.717, 1.165) is 116 Å². The summed E-state index contributed by atoms with van der Waals surface area (Å²) in [5, 5.41) is 0. The molecule has 6 nitrogen and oxygen atoms in total. The Kier molecular flexibility index (Phi) is 52.4. The van der Waals surface area contributed by atoms with Crippen LogP contribution in [0.2, 0.25) is 0 Å². The Morgan fingerprint density at radius 2 is 0.574 bits per heavy atom. The van der Waals surface area contributed by atoms with E-state index in [0.29, 0.717) is 19.3 Å². The Bertz CT molecular complexity index is 1410. The Balaban J connectivity index is 4.27. The molecule has 0 aliphatic rings. The van der Waals surface area contributed by atoms with Gasteiger partial charge in [-0.2, -0.15) is 0 Å². The van der Waals surface area contributed by atoms with E-state index in [1.807, 2.05) is 0 Å². The molecule has 1 unspecified atom stereocenters. The zero-order chi connectivity index (χ0) is 49.3. The van der Waals surface area contributed by atoms with Gasteiger partial charge in [-0.05, 0) is 109 Å². The first-order valence-electron chi connectivity index (χ1n) is 27.9. The van der Waals surface area contributed by atoms with Crippen LogP contribution in [0, 0.1) is 0 Å². The molecule has 0 rings (SSSR count). The number of carbonyl (C=O) groups excluding carboxylic acids is 3. The second kappa shape index (κ2) is 55.7. The zero-order valence-electron chi connectivity index (χ0n) is 44.1. The maximum atomic E-state index is 12.8. The lowest BCUT2D eigenvalue weighted by atomic mass is 10.1. The van der Waals surface area contributed by atoms with E-state index in [1.54, 1.807) is 0 Å². The van der Waals surface area contributed by atoms with Crippen LogP contribution in [0.25, 0.3) is 0 Å². The van der Waals surface area contributed by atoms with Crippen molar-refractivity contribution < 1.29 is 28.6 Å². The number of ether oxygens (including phenoxy) is 3. The van der Waals surface area contributed by atoms with Crippen LogP contribution in [0.1, 0.15) is 245 Å². The van der Waals surface area contributed by atoms with Crippen molar-refractivity contribution in [3.63, 3.8) is 0 Å². The van der Waals surface area contributed by atoms with Crippen LogP contribution < -0.4 is 0 Å². The van der Waals surface area contributed by atoms with Crippen LogP contribution in [0.3, 0.4) is 0 Å². The molecule has 0 spiro atoms. The highest BCUT2D eigenvalue weighted by Gasteiger charge is 2.19. The Labute approximate surface area is 419 Å². The monoisotopic (exact) mass is 943 g/mol. The first-order chi connectivity index (χ1) is 33.5. The number of hydrogen-bond donors (Lipinski definition) is 0. The minimum absolute atomic E-state index is 0.0918. The van der Waals surface area contributed by atoms with E-state index in [2.05, 4.69) is 130 Å². The second-order valence-corrected chi connectivity index (χ2v) is 18.1. The molecular weight excluding hydrogens is 841 g/mol. The van der Waals surface area contributed by atoms with Crippen molar-refractivity contribution in [3.05, 3.63) is 109 Å². The molecule has 0 aromatic rings. The number of unbranched alkanes of at least 4 members (excludes halogenated alkanes) is 20. The van der Waals surface area contributed by atoms with Gasteiger partial charge in [0, 0.05) is 19.3 Å². The standard InChI is InChI=1S/C62H102O6/c1-4-7-10-13-16-18-20-22-24-26-28-29-30-31-32-33-35-36-38-40-42-44-46-49-52-55-61(64)67-58-59(57-66-60(63)54-51-48-15-12-9-6-3)68-62(65)56-53-50-47-45-43-41-39-37-34-27-25-23-21-19-17-14-11-8-5-2/h7,10,16-19,22-25,28-29,31-32,35-36,40,42,59H,4-6,8-9,11-15,20-21,26-27,30,33-34,37-39,41,43-58H2,1-3H3/b10-7-,18-16-,19-17-,24-22-,25-23-,29-28-,32-31-,36-35-,42-40-. The molecule has 68 heavy (non-hydrogen) atoms. The minimum atomic E-state index is -0.793. The SMILES string of the molecule is CC/C=C\C/C=C\C/C=C\C/C=C\C/C=C\C/C=C\C/C=C\CCCCCC(=O)OCC(COC(=O)CCCCCCCC)OC(=O)CCCCCCCCCCC/C=C\C/C=C\CCCCC. The van der Waals surface area contributed by atoms with E-state index in [1.165, 1.54) is 89.9 Å². The lowest BCUT2D eigenvalue weighted by Gasteiger charge is -2.18. The predicted molar refractivity (Wildman–Crippen MR) is 293 cm³/mol. The van der Waals surface area contributed by atoms with Gasteiger partial charge in [-0.15, -0.1) is 0 Å². The van der Waals surface area contributed by atoms with Gasteiger partial charge in [0.05, 0.1) is 0 Å². The van der Waals surface area contributed by atoms with Gasteiger partial charge in [-0.3, -0.25) is 14.4 Å². The molecule has 386 valence electrons. The molecule has 0 aliphatic heterocycles. The first-order valence-corrected chi connectivity index (χ1v) is 27.9. The molecule has 0 aliphatic carbocycles. The molecule has 0 aromatic heterocycles. The summed E-state index contributed by atoms with van der Waals surface area (Å²) in [6.45, 7) is 6.40. The number of esters is 3. The van der Waals surface area contributed by atoms with Gasteiger partial charge in [-0.1, -0.05) is 226 Å². The molecule has 6 heteroatoms. The summed E-state index contributed by atoms with van der Waals surface area (Å²) in [6, 6.07) is 0. The molecule has 0 heterocycles. The van der Waals surface area contributed by atoms with Crippen LogP contribution in [0.4, 0.5) is 0 Å². The van der Waals surface area contributed by atoms with Gasteiger partial charge in [0.15, 0.2) is 6.10 Å². The molecule has 0 saturated carbocycles. The summed E-state index contributed by atoms with van der Waals surface area (Å²) in [6.07, 6.45) is 75.3. The average Bonchev–Trinajstić information content (AvgIpc) is 3.34. The molecule has 0 amide bonds. The lowest BCUT2D eigenvalue weighted by Crippen LogP contribution is -2.30. The highest BCUT2D eigenvalue weighted by Crippen LogP contribution is 2.14. The highest BCUT2D eigenvalue weighted by molar-refractivity contribution is 5.71. The summed E-state index contributed by atoms with van der Waals surface area (Å²) in [7, 11) is 0. The van der Waals surface area contributed by atoms with E-state index in [4.69, 9.17) is 14.2 Å². The molecule has 0 bridgehead atoms. The van der Waals surface area contributed by atoms with Crippen molar-refractivity contribution in [2.45, 2.75) is 252 Å². The van der Waals surface area contributed by atoms with Crippen molar-refractivity contribution in [3.8, 4) is 0 Å². The van der Waals surface area contributed by atoms with Gasteiger partial charge in [-0.25, -0.2) is 0 Å². The summed E-state index contributed by atoms with van der Waals surface area (Å²) in [5.41, 5.74) is 0. The number of hydrogen-bond acceptors (Lipinski definition) is 6. The molecule has 1 atom stereocenters. The van der Waals surface area contributed by atoms with E-state index < -0.39 is 6.10 Å². The van der Waals surface area contributed by atoms with Crippen molar-refractivity contribution in [1.29, 1.82) is 0 Å². The Morgan fingerprint density at radius 1 is 0.309 bits per heavy atom. The molecule has 0 radical (unpaired) electrons. The maximum absolute atomic E-state index is 12.8. The van der Waals surface area contributed by atoms with E-state index in [-0.39, 0.29) is 31.1 Å². The van der Waals surface area contributed by atoms with Crippen LogP contribution in [-0.4, -0.2) is 37.2 Å². The first kappa shape index (κ1) is 64.1. The van der Waals surface area contributed by atoms with Crippen LogP contribution in [0.15, 0.2) is 109 Å². The minimum Gasteiger partial charge on any atom is -0.462 e. The Morgan fingerprint density at radius 3 is 0.941 bits per heavy atom. The van der Waals surface area contributed by atoms with E-state index in [9.17, 15) is 14.4 Å². The van der Waals surface area contributed by atoms with Crippen molar-refractivity contribution in [1.82, 2.24) is 0 Å². The van der Waals surface area contributed by atoms with Crippen molar-refractivity contribution >= 4 is 17.9 Å². The van der Waals surface area contributed by atoms with Gasteiger partial charge >= 0.3 is 17.9 Å². The maximum Gasteiger partial charge on any atom is 0.306 e. The zero-order valence-corrected chi connectivity index (χ0v) is 44.1. The van der Waals surface area contributed by atoms with Gasteiger partial charge < -0.3 is 14.2 Å². The summed E-state index contributed by atoms with van der Waals surface area (Å²) in [4.78, 5) is 37.8. The predicted octanol–water partition coefficient (Wildman–Crippen LogP) is 18.7. The third kappa shape index (κ3) is 53.0. The number of rotatable bonds is 49. The second-order valence-electron chi connectivity index (χ2n) is 18.1. The molecular formula is C62H102O6. The fourth-order valence-corrected chi connectivity index (χ4v) is 7.33. The Hall–Kier alpha value is -3.93. The fraction of sp³-hybridized carbons (Fsp3) is 0.661. The topological polar surface area (TPSA) is 78.9 Å². The van der Waals surface area contributed by atoms with Crippen molar-refractivity contribution in [2.75, 3.05) is 13.2 Å². The summed E-state index contributed by atoms with van der Waals surface area (Å²) >= 11 is 0. The normalized spacial score (nSPS) is 12.9. The third-order valence-corrected chi connectivity index (χ3v) is 11.5. The largest absolute Gasteiger partial charge is 0.462 e. The van der Waals surface area contributed by atoms with Crippen molar-refractivity contribution in [2.24, 2.45) is 0 Å². The average molecular weight is 943 g/mol. The van der Waals surface area contributed by atoms with E-state index >= 15 is 0 Å². The summed E-state index contributed by atoms with van der Waals surface area (Å²) in [5.74, 6) is -0.942. The highest BCUT2D eigenvalue weighted by atomic mass is 16.6. The number of carbonyl (C=O) groups is 3. The van der Waals surface area contributed by atoms with Gasteiger partial charge in [0.2, 0.25) is 0 Å². The fourth-order valence-electron chi connectivity index (χ4n) is 7.33. The number of allylic oxidation sites excluding steroid dienone is 18. The molecule has 0 N–H and O–H groups in total. The van der Waals surface area contributed by atoms with Gasteiger partial charge in [0.1, 0.15) is 13.2 Å². The quantitative estimate of drug-likeness (QED) is 0.0262. The van der Waals surface area contributed by atoms with Crippen LogP contribution in [0.5, 0.6) is 0 Å². The third-order valence-electron chi connectivity index (χ3n) is 11.5. The van der Waals surface area contributed by atoms with Crippen LogP contribution in [-0.2, 0) is 28.6 Å². The lowest BCUT2D eigenvalue weighted by molar-refractivity contribution is -0.167. The van der Waals surface area contributed by atoms with Gasteiger partial charge in [0.25, 0.3) is 0 Å². The summed E-state index contributed by atoms with van der Waals surface area (Å²) < 4.78 is 16.7. The molecule has 0 fully saturated rings. The smallest absolute Gasteiger partial charge is 0.306 e. The molecule has 0 aromatic carbocycles. The molecule has 0 saturated heterocycles. The van der Waals surface area contributed by atoms with Crippen LogP contribution >= 0.6 is 0 Å².